The number of benzene rings is 1. The van der Waals surface area contributed by atoms with E-state index in [4.69, 9.17) is 4.74 Å². The van der Waals surface area contributed by atoms with Crippen molar-refractivity contribution in [1.82, 2.24) is 5.32 Å². The minimum Gasteiger partial charge on any atom is -0.497 e. The molecule has 1 saturated heterocycles. The lowest BCUT2D eigenvalue weighted by Crippen LogP contribution is -2.38. The number of nitrogens with one attached hydrogen (secondary N) is 1. The van der Waals surface area contributed by atoms with E-state index in [2.05, 4.69) is 5.32 Å². The molecule has 1 heterocycles. The summed E-state index contributed by atoms with van der Waals surface area (Å²) in [6.07, 6.45) is 0.641. The van der Waals surface area contributed by atoms with Crippen LogP contribution in [-0.2, 0) is 4.79 Å². The molecule has 1 aliphatic rings. The summed E-state index contributed by atoms with van der Waals surface area (Å²) in [6.45, 7) is 2.75. The average Bonchev–Trinajstić information content (AvgIpc) is 2.33. The molecule has 0 aromatic heterocycles. The molecule has 2 atom stereocenters. The van der Waals surface area contributed by atoms with Gasteiger partial charge in [-0.05, 0) is 17.7 Å². The zero-order valence-electron chi connectivity index (χ0n) is 9.69. The van der Waals surface area contributed by atoms with E-state index in [1.807, 2.05) is 31.2 Å². The molecule has 2 rings (SSSR count). The van der Waals surface area contributed by atoms with Crippen LogP contribution in [0.25, 0.3) is 0 Å². The van der Waals surface area contributed by atoms with Gasteiger partial charge >= 0.3 is 0 Å². The Morgan fingerprint density at radius 3 is 3.00 bits per heavy atom. The van der Waals surface area contributed by atoms with E-state index in [0.29, 0.717) is 12.2 Å². The number of hydrogen-bond donors (Lipinski definition) is 1. The molecule has 0 saturated carbocycles. The molecule has 1 aliphatic heterocycles. The van der Waals surface area contributed by atoms with E-state index in [-0.39, 0.29) is 12.0 Å². The minimum atomic E-state index is 0.0425. The lowest BCUT2D eigenvalue weighted by Gasteiger charge is -2.29. The van der Waals surface area contributed by atoms with Crippen molar-refractivity contribution in [2.24, 2.45) is 5.92 Å². The first-order chi connectivity index (χ1) is 7.72. The third-order valence-electron chi connectivity index (χ3n) is 3.20. The first-order valence-electron chi connectivity index (χ1n) is 5.62. The van der Waals surface area contributed by atoms with Gasteiger partial charge in [0.2, 0.25) is 0 Å². The highest BCUT2D eigenvalue weighted by molar-refractivity contribution is 5.82. The number of carbonyl (C=O) groups excluding carboxylic acids is 1. The molecule has 3 heteroatoms. The van der Waals surface area contributed by atoms with Gasteiger partial charge in [-0.25, -0.2) is 0 Å². The van der Waals surface area contributed by atoms with Crippen LogP contribution in [0, 0.1) is 5.92 Å². The van der Waals surface area contributed by atoms with Gasteiger partial charge in [-0.3, -0.25) is 4.79 Å². The minimum absolute atomic E-state index is 0.0425. The number of ketones is 1. The Kier molecular flexibility index (Phi) is 3.25. The predicted octanol–water partition coefficient (Wildman–Crippen LogP) is 1.93. The highest BCUT2D eigenvalue weighted by atomic mass is 16.5. The second-order valence-electron chi connectivity index (χ2n) is 4.21. The third-order valence-corrected chi connectivity index (χ3v) is 3.20. The summed E-state index contributed by atoms with van der Waals surface area (Å²) in [4.78, 5) is 11.7. The van der Waals surface area contributed by atoms with Crippen molar-refractivity contribution in [3.05, 3.63) is 29.8 Å². The number of rotatable bonds is 2. The maximum Gasteiger partial charge on any atom is 0.138 e. The van der Waals surface area contributed by atoms with Gasteiger partial charge in [0.1, 0.15) is 11.5 Å². The predicted molar refractivity (Wildman–Crippen MR) is 62.5 cm³/mol. The molecule has 0 bridgehead atoms. The van der Waals surface area contributed by atoms with E-state index >= 15 is 0 Å². The van der Waals surface area contributed by atoms with E-state index in [9.17, 15) is 4.79 Å². The van der Waals surface area contributed by atoms with Crippen molar-refractivity contribution in [3.8, 4) is 5.75 Å². The van der Waals surface area contributed by atoms with Gasteiger partial charge in [0.05, 0.1) is 7.11 Å². The van der Waals surface area contributed by atoms with Crippen molar-refractivity contribution in [3.63, 3.8) is 0 Å². The lowest BCUT2D eigenvalue weighted by atomic mass is 9.87. The molecule has 3 nitrogen and oxygen atoms in total. The number of hydrogen-bond acceptors (Lipinski definition) is 3. The molecule has 0 radical (unpaired) electrons. The molecule has 1 aromatic carbocycles. The SMILES string of the molecule is COc1cccc([C@H]2NCCC(=O)[C@@H]2C)c1. The van der Waals surface area contributed by atoms with E-state index in [1.54, 1.807) is 7.11 Å². The molecule has 0 aliphatic carbocycles. The fourth-order valence-electron chi connectivity index (χ4n) is 2.18. The maximum atomic E-state index is 11.7. The Hall–Kier alpha value is -1.35. The number of carbonyl (C=O) groups is 1. The molecule has 1 N–H and O–H groups in total. The monoisotopic (exact) mass is 219 g/mol. The zero-order chi connectivity index (χ0) is 11.5. The molecular weight excluding hydrogens is 202 g/mol. The molecule has 16 heavy (non-hydrogen) atoms. The van der Waals surface area contributed by atoms with Gasteiger partial charge in [-0.1, -0.05) is 19.1 Å². The van der Waals surface area contributed by atoms with Crippen molar-refractivity contribution >= 4 is 5.78 Å². The summed E-state index contributed by atoms with van der Waals surface area (Å²) in [5, 5.41) is 3.39. The Morgan fingerprint density at radius 2 is 2.25 bits per heavy atom. The van der Waals surface area contributed by atoms with Gasteiger partial charge in [-0.2, -0.15) is 0 Å². The molecular formula is C13H17NO2. The molecule has 0 amide bonds. The van der Waals surface area contributed by atoms with Crippen LogP contribution in [0.5, 0.6) is 5.75 Å². The topological polar surface area (TPSA) is 38.3 Å². The first-order valence-corrected chi connectivity index (χ1v) is 5.62. The highest BCUT2D eigenvalue weighted by Gasteiger charge is 2.28. The smallest absolute Gasteiger partial charge is 0.138 e. The summed E-state index contributed by atoms with van der Waals surface area (Å²) < 4.78 is 5.20. The van der Waals surface area contributed by atoms with E-state index in [0.717, 1.165) is 17.9 Å². The van der Waals surface area contributed by atoms with Crippen molar-refractivity contribution in [2.45, 2.75) is 19.4 Å². The Labute approximate surface area is 95.8 Å². The van der Waals surface area contributed by atoms with E-state index in [1.165, 1.54) is 0 Å². The molecule has 0 spiro atoms. The van der Waals surface area contributed by atoms with Gasteiger partial charge in [0, 0.05) is 24.9 Å². The lowest BCUT2D eigenvalue weighted by molar-refractivity contribution is -0.124. The van der Waals surface area contributed by atoms with Crippen LogP contribution >= 0.6 is 0 Å². The van der Waals surface area contributed by atoms with Crippen molar-refractivity contribution < 1.29 is 9.53 Å². The van der Waals surface area contributed by atoms with Crippen LogP contribution in [-0.4, -0.2) is 19.4 Å². The van der Waals surface area contributed by atoms with Crippen LogP contribution in [0.15, 0.2) is 24.3 Å². The van der Waals surface area contributed by atoms with Crippen LogP contribution in [0.4, 0.5) is 0 Å². The summed E-state index contributed by atoms with van der Waals surface area (Å²) in [7, 11) is 1.65. The second-order valence-corrected chi connectivity index (χ2v) is 4.21. The Balaban J connectivity index is 2.25. The van der Waals surface area contributed by atoms with Gasteiger partial charge in [-0.15, -0.1) is 0 Å². The van der Waals surface area contributed by atoms with Crippen LogP contribution in [0.1, 0.15) is 24.9 Å². The van der Waals surface area contributed by atoms with Crippen molar-refractivity contribution in [2.75, 3.05) is 13.7 Å². The molecule has 1 aromatic rings. The van der Waals surface area contributed by atoms with Gasteiger partial charge in [0.25, 0.3) is 0 Å². The average molecular weight is 219 g/mol. The first kappa shape index (κ1) is 11.1. The van der Waals surface area contributed by atoms with Crippen LogP contribution in [0.3, 0.4) is 0 Å². The Morgan fingerprint density at radius 1 is 1.44 bits per heavy atom. The number of Topliss-reactive ketones (excluding diaryl/α,β-unsaturated/α-hetero) is 1. The number of methoxy groups -OCH3 is 1. The summed E-state index contributed by atoms with van der Waals surface area (Å²) in [5.41, 5.74) is 1.12. The highest BCUT2D eigenvalue weighted by Crippen LogP contribution is 2.28. The fraction of sp³-hybridized carbons (Fsp3) is 0.462. The maximum absolute atomic E-state index is 11.7. The molecule has 86 valence electrons. The second kappa shape index (κ2) is 4.66. The third kappa shape index (κ3) is 2.09. The van der Waals surface area contributed by atoms with Gasteiger partial charge < -0.3 is 10.1 Å². The Bertz CT molecular complexity index is 389. The van der Waals surface area contributed by atoms with E-state index < -0.39 is 0 Å². The normalized spacial score (nSPS) is 25.5. The van der Waals surface area contributed by atoms with Crippen molar-refractivity contribution in [1.29, 1.82) is 0 Å². The summed E-state index contributed by atoms with van der Waals surface area (Å²) >= 11 is 0. The quantitative estimate of drug-likeness (QED) is 0.826. The fourth-order valence-corrected chi connectivity index (χ4v) is 2.18. The zero-order valence-corrected chi connectivity index (χ0v) is 9.69. The van der Waals surface area contributed by atoms with Crippen LogP contribution < -0.4 is 10.1 Å². The van der Waals surface area contributed by atoms with Crippen LogP contribution in [0.2, 0.25) is 0 Å². The van der Waals surface area contributed by atoms with Gasteiger partial charge in [0.15, 0.2) is 0 Å². The summed E-state index contributed by atoms with van der Waals surface area (Å²) in [6, 6.07) is 8.03. The molecule has 0 unspecified atom stereocenters. The number of piperidine rings is 1. The summed E-state index contributed by atoms with van der Waals surface area (Å²) in [5.74, 6) is 1.22. The molecule has 1 fully saturated rings. The number of ether oxygens (including phenoxy) is 1. The standard InChI is InChI=1S/C13H17NO2/c1-9-12(15)6-7-14-13(9)10-4-3-5-11(8-10)16-2/h3-5,8-9,13-14H,6-7H2,1-2H3/t9-,13-/m0/s1. The largest absolute Gasteiger partial charge is 0.497 e.